The van der Waals surface area contributed by atoms with Crippen molar-refractivity contribution >= 4 is 70.5 Å². The third-order valence-electron chi connectivity index (χ3n) is 11.4. The first-order valence-electron chi connectivity index (χ1n) is 18.2. The van der Waals surface area contributed by atoms with Gasteiger partial charge in [0, 0.05) is 37.3 Å². The molecule has 0 aliphatic heterocycles. The molecule has 2 nitrogen and oxygen atoms in total. The number of hydrogen-bond donors (Lipinski definition) is 0. The Morgan fingerprint density at radius 2 is 1.11 bits per heavy atom. The molecule has 1 aliphatic carbocycles. The molecule has 0 unspecified atom stereocenters. The normalized spacial score (nSPS) is 13.2. The third-order valence-corrected chi connectivity index (χ3v) is 12.6. The van der Waals surface area contributed by atoms with Gasteiger partial charge in [0.05, 0.1) is 16.1 Å². The number of para-hydroxylation sites is 1. The number of anilines is 3. The molecule has 0 radical (unpaired) electrons. The Kier molecular flexibility index (Phi) is 6.58. The molecule has 2 heterocycles. The molecule has 1 aliphatic rings. The molecule has 8 aromatic carbocycles. The summed E-state index contributed by atoms with van der Waals surface area (Å²) in [6.45, 7) is 2.36. The Labute approximate surface area is 311 Å². The van der Waals surface area contributed by atoms with Crippen molar-refractivity contribution in [3.63, 3.8) is 0 Å². The zero-order chi connectivity index (χ0) is 35.1. The van der Waals surface area contributed by atoms with Crippen LogP contribution in [0.3, 0.4) is 0 Å². The molecular weight excluding hydrogens is 663 g/mol. The molecule has 0 fully saturated rings. The Morgan fingerprint density at radius 3 is 1.89 bits per heavy atom. The maximum Gasteiger partial charge on any atom is 0.159 e. The monoisotopic (exact) mass is 695 g/mol. The number of fused-ring (bicyclic) bond motifs is 9. The fraction of sp³-hybridized carbons (Fsp3) is 0.0400. The quantitative estimate of drug-likeness (QED) is 0.178. The van der Waals surface area contributed by atoms with Gasteiger partial charge in [-0.05, 0) is 82.3 Å². The van der Waals surface area contributed by atoms with Crippen LogP contribution in [-0.4, -0.2) is 0 Å². The van der Waals surface area contributed by atoms with E-state index in [0.29, 0.717) is 0 Å². The maximum absolute atomic E-state index is 7.05. The van der Waals surface area contributed by atoms with Crippen molar-refractivity contribution < 1.29 is 4.42 Å². The minimum absolute atomic E-state index is 0.299. The van der Waals surface area contributed by atoms with Gasteiger partial charge in [-0.2, -0.15) is 0 Å². The molecule has 11 rings (SSSR count). The summed E-state index contributed by atoms with van der Waals surface area (Å²) in [4.78, 5) is 2.39. The van der Waals surface area contributed by atoms with E-state index in [2.05, 4.69) is 194 Å². The molecule has 0 spiro atoms. The van der Waals surface area contributed by atoms with Crippen LogP contribution >= 0.6 is 11.3 Å². The Bertz CT molecular complexity index is 2980. The van der Waals surface area contributed by atoms with Crippen LogP contribution in [0.4, 0.5) is 17.1 Å². The summed E-state index contributed by atoms with van der Waals surface area (Å²) in [5.74, 6) is 0. The van der Waals surface area contributed by atoms with Gasteiger partial charge in [-0.1, -0.05) is 146 Å². The van der Waals surface area contributed by atoms with Crippen LogP contribution in [0.15, 0.2) is 186 Å². The summed E-state index contributed by atoms with van der Waals surface area (Å²) in [7, 11) is 0. The molecule has 3 heteroatoms. The molecule has 0 saturated heterocycles. The zero-order valence-corrected chi connectivity index (χ0v) is 29.9. The summed E-state index contributed by atoms with van der Waals surface area (Å²) < 4.78 is 9.59. The van der Waals surface area contributed by atoms with Crippen molar-refractivity contribution in [3.05, 3.63) is 199 Å². The predicted octanol–water partition coefficient (Wildman–Crippen LogP) is 14.4. The second-order valence-electron chi connectivity index (χ2n) is 14.2. The summed E-state index contributed by atoms with van der Waals surface area (Å²) in [6, 6.07) is 66.0. The first-order chi connectivity index (χ1) is 26.2. The number of nitrogens with zero attached hydrogens (tertiary/aromatic N) is 1. The van der Waals surface area contributed by atoms with Crippen LogP contribution in [0.1, 0.15) is 23.6 Å². The smallest absolute Gasteiger partial charge is 0.159 e. The second-order valence-corrected chi connectivity index (χ2v) is 15.2. The Hall–Kier alpha value is -6.42. The van der Waals surface area contributed by atoms with Crippen molar-refractivity contribution in [2.45, 2.75) is 12.3 Å². The zero-order valence-electron chi connectivity index (χ0n) is 29.1. The average Bonchev–Trinajstić information content (AvgIpc) is 3.88. The number of furan rings is 1. The van der Waals surface area contributed by atoms with Crippen molar-refractivity contribution in [2.75, 3.05) is 4.90 Å². The highest BCUT2D eigenvalue weighted by atomic mass is 32.1. The largest absolute Gasteiger partial charge is 0.454 e. The fourth-order valence-corrected chi connectivity index (χ4v) is 9.99. The van der Waals surface area contributed by atoms with E-state index in [1.807, 2.05) is 11.3 Å². The van der Waals surface area contributed by atoms with E-state index in [-0.39, 0.29) is 5.41 Å². The highest BCUT2D eigenvalue weighted by molar-refractivity contribution is 7.26. The summed E-state index contributed by atoms with van der Waals surface area (Å²) in [6.07, 6.45) is 0. The molecule has 0 atom stereocenters. The highest BCUT2D eigenvalue weighted by Gasteiger charge is 2.40. The molecule has 0 amide bonds. The summed E-state index contributed by atoms with van der Waals surface area (Å²) >= 11 is 1.85. The minimum atomic E-state index is -0.299. The van der Waals surface area contributed by atoms with E-state index >= 15 is 0 Å². The van der Waals surface area contributed by atoms with Gasteiger partial charge in [0.2, 0.25) is 0 Å². The van der Waals surface area contributed by atoms with Gasteiger partial charge in [0.25, 0.3) is 0 Å². The fourth-order valence-electron chi connectivity index (χ4n) is 8.78. The third kappa shape index (κ3) is 4.44. The van der Waals surface area contributed by atoms with E-state index < -0.39 is 0 Å². The lowest BCUT2D eigenvalue weighted by atomic mass is 9.74. The minimum Gasteiger partial charge on any atom is -0.454 e. The number of rotatable bonds is 5. The van der Waals surface area contributed by atoms with Crippen LogP contribution in [0.2, 0.25) is 0 Å². The lowest BCUT2D eigenvalue weighted by Crippen LogP contribution is -2.22. The average molecular weight is 696 g/mol. The molecule has 53 heavy (non-hydrogen) atoms. The van der Waals surface area contributed by atoms with Gasteiger partial charge >= 0.3 is 0 Å². The predicted molar refractivity (Wildman–Crippen MR) is 224 cm³/mol. The first-order valence-corrected chi connectivity index (χ1v) is 19.0. The van der Waals surface area contributed by atoms with E-state index in [1.54, 1.807) is 0 Å². The molecule has 0 N–H and O–H groups in total. The lowest BCUT2D eigenvalue weighted by Gasteiger charge is -2.28. The Morgan fingerprint density at radius 1 is 0.491 bits per heavy atom. The van der Waals surface area contributed by atoms with Gasteiger partial charge in [0.15, 0.2) is 5.58 Å². The number of benzene rings is 8. The van der Waals surface area contributed by atoms with Crippen LogP contribution in [-0.2, 0) is 5.41 Å². The van der Waals surface area contributed by atoms with Crippen molar-refractivity contribution in [3.8, 4) is 22.3 Å². The van der Waals surface area contributed by atoms with Gasteiger partial charge in [-0.15, -0.1) is 11.3 Å². The molecular formula is C50H33NOS. The van der Waals surface area contributed by atoms with Gasteiger partial charge in [0.1, 0.15) is 5.58 Å². The van der Waals surface area contributed by atoms with Crippen molar-refractivity contribution in [1.82, 2.24) is 0 Å². The molecule has 0 bridgehead atoms. The van der Waals surface area contributed by atoms with Gasteiger partial charge in [-0.3, -0.25) is 0 Å². The van der Waals surface area contributed by atoms with E-state index in [9.17, 15) is 0 Å². The molecule has 0 saturated carbocycles. The van der Waals surface area contributed by atoms with Crippen LogP contribution in [0.5, 0.6) is 0 Å². The lowest BCUT2D eigenvalue weighted by molar-refractivity contribution is 0.662. The van der Waals surface area contributed by atoms with Gasteiger partial charge in [-0.25, -0.2) is 0 Å². The molecule has 250 valence electrons. The van der Waals surface area contributed by atoms with Crippen LogP contribution < -0.4 is 4.90 Å². The topological polar surface area (TPSA) is 16.4 Å². The van der Waals surface area contributed by atoms with E-state index in [0.717, 1.165) is 39.0 Å². The van der Waals surface area contributed by atoms with Crippen molar-refractivity contribution in [2.24, 2.45) is 0 Å². The van der Waals surface area contributed by atoms with E-state index in [1.165, 1.54) is 59.1 Å². The number of thiophene rings is 1. The Balaban J connectivity index is 1.13. The molecule has 2 aromatic heterocycles. The van der Waals surface area contributed by atoms with Gasteiger partial charge < -0.3 is 9.32 Å². The SMILES string of the molecule is CC1(c2ccc3c(c2)oc2c(N(c4ccc(-c5ccccc5)cc4)c4cccc5c4sc4ccccc45)cccc23)c2ccccc2-c2ccccc21. The summed E-state index contributed by atoms with van der Waals surface area (Å²) in [5, 5.41) is 4.77. The van der Waals surface area contributed by atoms with E-state index in [4.69, 9.17) is 4.42 Å². The first kappa shape index (κ1) is 30.2. The number of hydrogen-bond acceptors (Lipinski definition) is 3. The molecule has 10 aromatic rings. The van der Waals surface area contributed by atoms with Crippen LogP contribution in [0, 0.1) is 0 Å². The highest BCUT2D eigenvalue weighted by Crippen LogP contribution is 2.53. The van der Waals surface area contributed by atoms with Crippen LogP contribution in [0.25, 0.3) is 64.4 Å². The summed E-state index contributed by atoms with van der Waals surface area (Å²) in [5.41, 5.74) is 13.6. The standard InChI is InChI=1S/C50H33NOS/c1-50(42-20-8-5-15-36(42)37-16-6-9-21-43(37)50)34-27-30-38-40-18-11-22-44(48(40)52-46(38)31-34)51(35-28-25-33(26-29-35)32-13-3-2-4-14-32)45-23-12-19-41-39-17-7-10-24-47(39)53-49(41)45/h2-31H,1H3. The second kappa shape index (κ2) is 11.5. The van der Waals surface area contributed by atoms with Crippen molar-refractivity contribution in [1.29, 1.82) is 0 Å². The maximum atomic E-state index is 7.05.